The number of amides is 1. The number of fused-ring (bicyclic) bond motifs is 2. The van der Waals surface area contributed by atoms with Gasteiger partial charge in [-0.05, 0) is 57.1 Å². The normalized spacial score (nSPS) is 27.0. The van der Waals surface area contributed by atoms with Crippen LogP contribution in [0.4, 0.5) is 5.69 Å². The highest BCUT2D eigenvalue weighted by Gasteiger charge is 2.34. The summed E-state index contributed by atoms with van der Waals surface area (Å²) in [5.74, 6) is 0.725. The van der Waals surface area contributed by atoms with E-state index in [0.29, 0.717) is 24.4 Å². The Morgan fingerprint density at radius 2 is 1.90 bits per heavy atom. The number of carbonyl (C=O) groups is 1. The zero-order chi connectivity index (χ0) is 14.1. The first-order valence-corrected chi connectivity index (χ1v) is 7.73. The topological polar surface area (TPSA) is 41.1 Å². The van der Waals surface area contributed by atoms with Crippen molar-refractivity contribution in [3.05, 3.63) is 29.3 Å². The number of nitrogens with one attached hydrogen (secondary N) is 2. The lowest BCUT2D eigenvalue weighted by Gasteiger charge is -2.28. The fraction of sp³-hybridized carbons (Fsp3) is 0.588. The summed E-state index contributed by atoms with van der Waals surface area (Å²) in [5, 5.41) is 6.70. The van der Waals surface area contributed by atoms with Crippen molar-refractivity contribution in [2.75, 3.05) is 5.32 Å². The van der Waals surface area contributed by atoms with Gasteiger partial charge < -0.3 is 10.6 Å². The van der Waals surface area contributed by atoms with Crippen molar-refractivity contribution in [1.29, 1.82) is 0 Å². The van der Waals surface area contributed by atoms with Crippen LogP contribution in [0.1, 0.15) is 43.2 Å². The molecule has 2 unspecified atom stereocenters. The summed E-state index contributed by atoms with van der Waals surface area (Å²) in [4.78, 5) is 12.2. The third-order valence-corrected chi connectivity index (χ3v) is 4.70. The van der Waals surface area contributed by atoms with Crippen molar-refractivity contribution in [3.8, 4) is 0 Å². The second-order valence-corrected chi connectivity index (χ2v) is 6.55. The van der Waals surface area contributed by atoms with E-state index < -0.39 is 0 Å². The van der Waals surface area contributed by atoms with Gasteiger partial charge in [-0.3, -0.25) is 4.79 Å². The van der Waals surface area contributed by atoms with Crippen LogP contribution < -0.4 is 10.6 Å². The molecule has 2 bridgehead atoms. The van der Waals surface area contributed by atoms with Crippen molar-refractivity contribution in [3.63, 3.8) is 0 Å². The van der Waals surface area contributed by atoms with Gasteiger partial charge in [0.25, 0.3) is 0 Å². The molecule has 0 spiro atoms. The fourth-order valence-corrected chi connectivity index (χ4v) is 3.76. The van der Waals surface area contributed by atoms with E-state index in [1.807, 2.05) is 19.1 Å². The summed E-state index contributed by atoms with van der Waals surface area (Å²) >= 11 is 0. The van der Waals surface area contributed by atoms with Crippen molar-refractivity contribution in [1.82, 2.24) is 5.32 Å². The van der Waals surface area contributed by atoms with Crippen molar-refractivity contribution >= 4 is 24.0 Å². The first-order chi connectivity index (χ1) is 9.60. The summed E-state index contributed by atoms with van der Waals surface area (Å²) < 4.78 is 0. The van der Waals surface area contributed by atoms with Crippen molar-refractivity contribution in [2.24, 2.45) is 5.92 Å². The van der Waals surface area contributed by atoms with E-state index in [1.54, 1.807) is 0 Å². The number of benzene rings is 1. The maximum absolute atomic E-state index is 12.2. The van der Waals surface area contributed by atoms with Crippen LogP contribution in [-0.4, -0.2) is 18.0 Å². The fourth-order valence-electron chi connectivity index (χ4n) is 3.76. The highest BCUT2D eigenvalue weighted by Crippen LogP contribution is 2.32. The third kappa shape index (κ3) is 3.98. The number of aryl methyl sites for hydroxylation is 2. The van der Waals surface area contributed by atoms with Gasteiger partial charge in [-0.15, -0.1) is 12.4 Å². The number of hydrogen-bond acceptors (Lipinski definition) is 2. The average molecular weight is 309 g/mol. The van der Waals surface area contributed by atoms with E-state index >= 15 is 0 Å². The molecule has 21 heavy (non-hydrogen) atoms. The van der Waals surface area contributed by atoms with E-state index in [0.717, 1.165) is 24.1 Å². The van der Waals surface area contributed by atoms with E-state index in [-0.39, 0.29) is 18.3 Å². The van der Waals surface area contributed by atoms with E-state index in [9.17, 15) is 4.79 Å². The van der Waals surface area contributed by atoms with Gasteiger partial charge in [0, 0.05) is 24.2 Å². The lowest BCUT2D eigenvalue weighted by atomic mass is 9.89. The van der Waals surface area contributed by atoms with E-state index in [2.05, 4.69) is 23.6 Å². The van der Waals surface area contributed by atoms with Crippen LogP contribution in [0.15, 0.2) is 18.2 Å². The molecule has 2 saturated heterocycles. The predicted molar refractivity (Wildman–Crippen MR) is 89.1 cm³/mol. The molecule has 2 heterocycles. The third-order valence-electron chi connectivity index (χ3n) is 4.70. The van der Waals surface area contributed by atoms with Gasteiger partial charge >= 0.3 is 0 Å². The molecule has 0 radical (unpaired) electrons. The average Bonchev–Trinajstić information content (AvgIpc) is 2.72. The number of piperidine rings is 1. The van der Waals surface area contributed by atoms with E-state index in [4.69, 9.17) is 0 Å². The molecule has 0 aromatic heterocycles. The Bertz CT molecular complexity index is 506. The van der Waals surface area contributed by atoms with Gasteiger partial charge in [-0.25, -0.2) is 0 Å². The van der Waals surface area contributed by atoms with Crippen LogP contribution in [0.5, 0.6) is 0 Å². The van der Waals surface area contributed by atoms with Gasteiger partial charge in [0.05, 0.1) is 0 Å². The number of rotatable bonds is 3. The first kappa shape index (κ1) is 16.3. The van der Waals surface area contributed by atoms with Crippen LogP contribution in [0.3, 0.4) is 0 Å². The Balaban J connectivity index is 0.00000161. The van der Waals surface area contributed by atoms with Gasteiger partial charge in [-0.1, -0.05) is 17.7 Å². The Morgan fingerprint density at radius 1 is 1.24 bits per heavy atom. The smallest absolute Gasteiger partial charge is 0.224 e. The summed E-state index contributed by atoms with van der Waals surface area (Å²) in [6, 6.07) is 7.49. The maximum Gasteiger partial charge on any atom is 0.224 e. The van der Waals surface area contributed by atoms with Crippen LogP contribution in [0.25, 0.3) is 0 Å². The molecule has 2 N–H and O–H groups in total. The minimum absolute atomic E-state index is 0. The molecule has 4 heteroatoms. The van der Waals surface area contributed by atoms with Gasteiger partial charge in [0.15, 0.2) is 0 Å². The molecule has 1 amide bonds. The quantitative estimate of drug-likeness (QED) is 0.896. The molecule has 1 aromatic rings. The zero-order valence-electron chi connectivity index (χ0n) is 12.8. The SMILES string of the molecule is Cc1ccc(NC(=O)CC2CC3CCC(C2)N3)c(C)c1.Cl. The predicted octanol–water partition coefficient (Wildman–Crippen LogP) is 3.58. The molecule has 3 rings (SSSR count). The van der Waals surface area contributed by atoms with Crippen LogP contribution in [0.2, 0.25) is 0 Å². The van der Waals surface area contributed by atoms with Gasteiger partial charge in [-0.2, -0.15) is 0 Å². The zero-order valence-corrected chi connectivity index (χ0v) is 13.6. The minimum atomic E-state index is 0. The van der Waals surface area contributed by atoms with Crippen molar-refractivity contribution < 1.29 is 4.79 Å². The number of anilines is 1. The van der Waals surface area contributed by atoms with Crippen molar-refractivity contribution in [2.45, 2.75) is 58.0 Å². The van der Waals surface area contributed by atoms with Gasteiger partial charge in [0.2, 0.25) is 5.91 Å². The lowest BCUT2D eigenvalue weighted by molar-refractivity contribution is -0.117. The summed E-state index contributed by atoms with van der Waals surface area (Å²) in [6.07, 6.45) is 5.58. The standard InChI is InChI=1S/C17H24N2O.ClH/c1-11-3-6-16(12(2)7-11)19-17(20)10-13-8-14-4-5-15(9-13)18-14;/h3,6-7,13-15,18H,4-5,8-10H2,1-2H3,(H,19,20);1H. The Morgan fingerprint density at radius 3 is 2.52 bits per heavy atom. The largest absolute Gasteiger partial charge is 0.326 e. The maximum atomic E-state index is 12.2. The second-order valence-electron chi connectivity index (χ2n) is 6.55. The molecule has 0 aliphatic carbocycles. The number of halogens is 1. The second kappa shape index (κ2) is 6.80. The molecule has 2 atom stereocenters. The van der Waals surface area contributed by atoms with Gasteiger partial charge in [0.1, 0.15) is 0 Å². The molecule has 3 nitrogen and oxygen atoms in total. The highest BCUT2D eigenvalue weighted by molar-refractivity contribution is 5.91. The minimum Gasteiger partial charge on any atom is -0.326 e. The molecule has 2 aliphatic rings. The van der Waals surface area contributed by atoms with E-state index in [1.165, 1.54) is 18.4 Å². The molecule has 116 valence electrons. The molecular weight excluding hydrogens is 284 g/mol. The monoisotopic (exact) mass is 308 g/mol. The van der Waals surface area contributed by atoms with Crippen LogP contribution in [-0.2, 0) is 4.79 Å². The molecule has 2 aliphatic heterocycles. The Kier molecular flexibility index (Phi) is 5.28. The van der Waals surface area contributed by atoms with Crippen LogP contribution >= 0.6 is 12.4 Å². The number of hydrogen-bond donors (Lipinski definition) is 2. The first-order valence-electron chi connectivity index (χ1n) is 7.73. The highest BCUT2D eigenvalue weighted by atomic mass is 35.5. The molecule has 2 fully saturated rings. The lowest BCUT2D eigenvalue weighted by Crippen LogP contribution is -2.39. The number of carbonyl (C=O) groups excluding carboxylic acids is 1. The summed E-state index contributed by atoms with van der Waals surface area (Å²) in [6.45, 7) is 4.12. The van der Waals surface area contributed by atoms with Crippen LogP contribution in [0, 0.1) is 19.8 Å². The Hall–Kier alpha value is -1.06. The summed E-state index contributed by atoms with van der Waals surface area (Å²) in [7, 11) is 0. The summed E-state index contributed by atoms with van der Waals surface area (Å²) in [5.41, 5.74) is 3.33. The molecule has 1 aromatic carbocycles. The Labute approximate surface area is 133 Å². The molecule has 0 saturated carbocycles. The molecular formula is C17H25ClN2O.